The van der Waals surface area contributed by atoms with E-state index >= 15 is 0 Å². The lowest BCUT2D eigenvalue weighted by atomic mass is 9.96. The van der Waals surface area contributed by atoms with E-state index in [1.807, 2.05) is 11.7 Å². The highest BCUT2D eigenvalue weighted by Gasteiger charge is 2.43. The molecule has 1 fully saturated rings. The van der Waals surface area contributed by atoms with Crippen molar-refractivity contribution in [2.24, 2.45) is 12.0 Å². The molecule has 0 radical (unpaired) electrons. The van der Waals surface area contributed by atoms with Gasteiger partial charge in [0.05, 0.1) is 12.2 Å². The molecule has 6 heteroatoms. The minimum atomic E-state index is 0. The lowest BCUT2D eigenvalue weighted by Crippen LogP contribution is -2.39. The topological polar surface area (TPSA) is 54.2 Å². The van der Waals surface area contributed by atoms with Crippen LogP contribution >= 0.6 is 24.0 Å². The van der Waals surface area contributed by atoms with Gasteiger partial charge >= 0.3 is 0 Å². The number of aromatic nitrogens is 2. The molecular formula is C21H32IN5. The predicted octanol–water partition coefficient (Wildman–Crippen LogP) is 3.48. The maximum Gasteiger partial charge on any atom is 0.191 e. The fourth-order valence-electron chi connectivity index (χ4n) is 3.54. The highest BCUT2D eigenvalue weighted by molar-refractivity contribution is 14.0. The lowest BCUT2D eigenvalue weighted by molar-refractivity contribution is 0.691. The van der Waals surface area contributed by atoms with E-state index in [4.69, 9.17) is 4.99 Å². The van der Waals surface area contributed by atoms with Gasteiger partial charge < -0.3 is 10.6 Å². The second kappa shape index (κ2) is 9.57. The van der Waals surface area contributed by atoms with Gasteiger partial charge in [0.2, 0.25) is 0 Å². The zero-order chi connectivity index (χ0) is 18.6. The fraction of sp³-hybridized carbons (Fsp3) is 0.524. The summed E-state index contributed by atoms with van der Waals surface area (Å²) >= 11 is 0. The van der Waals surface area contributed by atoms with Crippen LogP contribution in [0.15, 0.2) is 35.3 Å². The van der Waals surface area contributed by atoms with Gasteiger partial charge in [-0.15, -0.1) is 24.0 Å². The Labute approximate surface area is 180 Å². The molecule has 0 saturated heterocycles. The van der Waals surface area contributed by atoms with Gasteiger partial charge in [0.25, 0.3) is 0 Å². The third-order valence-corrected chi connectivity index (χ3v) is 5.45. The Morgan fingerprint density at radius 2 is 1.89 bits per heavy atom. The molecule has 1 aromatic heterocycles. The monoisotopic (exact) mass is 481 g/mol. The van der Waals surface area contributed by atoms with Crippen LogP contribution in [-0.2, 0) is 18.9 Å². The van der Waals surface area contributed by atoms with Crippen molar-refractivity contribution in [2.75, 3.05) is 19.6 Å². The molecule has 0 bridgehead atoms. The molecular weight excluding hydrogens is 449 g/mol. The van der Waals surface area contributed by atoms with E-state index < -0.39 is 0 Å². The molecule has 0 spiro atoms. The summed E-state index contributed by atoms with van der Waals surface area (Å²) in [6.07, 6.45) is 3.42. The van der Waals surface area contributed by atoms with Gasteiger partial charge in [-0.25, -0.2) is 0 Å². The summed E-state index contributed by atoms with van der Waals surface area (Å²) in [6, 6.07) is 10.8. The average Bonchev–Trinajstić information content (AvgIpc) is 3.39. The van der Waals surface area contributed by atoms with Crippen LogP contribution < -0.4 is 10.6 Å². The first-order valence-electron chi connectivity index (χ1n) is 9.62. The number of hydrogen-bond donors (Lipinski definition) is 2. The number of hydrogen-bond acceptors (Lipinski definition) is 2. The molecule has 1 heterocycles. The van der Waals surface area contributed by atoms with Gasteiger partial charge in [-0.3, -0.25) is 9.67 Å². The molecule has 1 aromatic carbocycles. The second-order valence-corrected chi connectivity index (χ2v) is 7.29. The number of benzene rings is 1. The first-order chi connectivity index (χ1) is 12.6. The molecule has 1 aliphatic rings. The van der Waals surface area contributed by atoms with E-state index in [9.17, 15) is 0 Å². The largest absolute Gasteiger partial charge is 0.357 e. The maximum atomic E-state index is 4.88. The molecule has 0 atom stereocenters. The third-order valence-electron chi connectivity index (χ3n) is 5.45. The molecule has 1 saturated carbocycles. The molecule has 0 amide bonds. The van der Waals surface area contributed by atoms with E-state index in [-0.39, 0.29) is 29.4 Å². The number of rotatable bonds is 7. The first-order valence-corrected chi connectivity index (χ1v) is 9.62. The van der Waals surface area contributed by atoms with Crippen LogP contribution in [0.1, 0.15) is 42.3 Å². The molecule has 2 N–H and O–H groups in total. The third kappa shape index (κ3) is 5.24. The summed E-state index contributed by atoms with van der Waals surface area (Å²) in [7, 11) is 2.00. The molecule has 1 aliphatic carbocycles. The highest BCUT2D eigenvalue weighted by atomic mass is 127. The highest BCUT2D eigenvalue weighted by Crippen LogP contribution is 2.48. The van der Waals surface area contributed by atoms with E-state index in [0.29, 0.717) is 0 Å². The smallest absolute Gasteiger partial charge is 0.191 e. The minimum absolute atomic E-state index is 0. The average molecular weight is 481 g/mol. The zero-order valence-electron chi connectivity index (χ0n) is 16.9. The minimum Gasteiger partial charge on any atom is -0.357 e. The fourth-order valence-corrected chi connectivity index (χ4v) is 3.54. The van der Waals surface area contributed by atoms with Crippen molar-refractivity contribution in [3.05, 3.63) is 52.8 Å². The normalized spacial score (nSPS) is 15.2. The summed E-state index contributed by atoms with van der Waals surface area (Å²) in [5, 5.41) is 11.4. The summed E-state index contributed by atoms with van der Waals surface area (Å²) in [5.74, 6) is 0.911. The summed E-state index contributed by atoms with van der Waals surface area (Å²) in [4.78, 5) is 4.88. The summed E-state index contributed by atoms with van der Waals surface area (Å²) in [6.45, 7) is 8.89. The van der Waals surface area contributed by atoms with Crippen molar-refractivity contribution in [1.29, 1.82) is 0 Å². The van der Waals surface area contributed by atoms with Crippen LogP contribution in [0, 0.1) is 13.8 Å². The number of nitrogens with one attached hydrogen (secondary N) is 2. The van der Waals surface area contributed by atoms with Gasteiger partial charge in [0.15, 0.2) is 5.96 Å². The number of aliphatic imine (C=N–C) groups is 1. The molecule has 0 unspecified atom stereocenters. The molecule has 27 heavy (non-hydrogen) atoms. The molecule has 2 aromatic rings. The zero-order valence-corrected chi connectivity index (χ0v) is 19.2. The van der Waals surface area contributed by atoms with Crippen molar-refractivity contribution in [1.82, 2.24) is 20.4 Å². The van der Waals surface area contributed by atoms with E-state index in [1.165, 1.54) is 29.7 Å². The van der Waals surface area contributed by atoms with Crippen LogP contribution in [0.2, 0.25) is 0 Å². The van der Waals surface area contributed by atoms with Gasteiger partial charge in [-0.1, -0.05) is 30.3 Å². The van der Waals surface area contributed by atoms with Crippen LogP contribution in [0.3, 0.4) is 0 Å². The molecule has 3 rings (SSSR count). The summed E-state index contributed by atoms with van der Waals surface area (Å²) < 4.78 is 1.96. The SMILES string of the molecule is CCNC(=NCC1(c2ccccc2)CC1)NCCc1c(C)nn(C)c1C.I. The number of aryl methyl sites for hydroxylation is 2. The van der Waals surface area contributed by atoms with Crippen molar-refractivity contribution in [3.63, 3.8) is 0 Å². The first kappa shape index (κ1) is 21.7. The Morgan fingerprint density at radius 3 is 2.44 bits per heavy atom. The lowest BCUT2D eigenvalue weighted by Gasteiger charge is -2.16. The number of halogens is 1. The standard InChI is InChI=1S/C21H31N5.HI/c1-5-22-20(23-14-11-19-16(2)25-26(4)17(19)3)24-15-21(12-13-21)18-9-7-6-8-10-18;/h6-10H,5,11-15H2,1-4H3,(H2,22,23,24);1H. The van der Waals surface area contributed by atoms with Crippen molar-refractivity contribution >= 4 is 29.9 Å². The second-order valence-electron chi connectivity index (χ2n) is 7.29. The molecule has 148 valence electrons. The van der Waals surface area contributed by atoms with E-state index in [1.54, 1.807) is 0 Å². The predicted molar refractivity (Wildman–Crippen MR) is 123 cm³/mol. The van der Waals surface area contributed by atoms with E-state index in [0.717, 1.165) is 37.7 Å². The van der Waals surface area contributed by atoms with E-state index in [2.05, 4.69) is 66.8 Å². The van der Waals surface area contributed by atoms with Crippen molar-refractivity contribution < 1.29 is 0 Å². The Balaban J connectivity index is 0.00000261. The number of guanidine groups is 1. The molecule has 0 aliphatic heterocycles. The Hall–Kier alpha value is -1.57. The van der Waals surface area contributed by atoms with Crippen LogP contribution in [-0.4, -0.2) is 35.4 Å². The van der Waals surface area contributed by atoms with Crippen molar-refractivity contribution in [2.45, 2.75) is 45.4 Å². The Morgan fingerprint density at radius 1 is 1.19 bits per heavy atom. The van der Waals surface area contributed by atoms with Crippen LogP contribution in [0.25, 0.3) is 0 Å². The van der Waals surface area contributed by atoms with Gasteiger partial charge in [0.1, 0.15) is 0 Å². The van der Waals surface area contributed by atoms with Gasteiger partial charge in [-0.05, 0) is 51.2 Å². The van der Waals surface area contributed by atoms with Gasteiger partial charge in [0, 0.05) is 31.2 Å². The van der Waals surface area contributed by atoms with Gasteiger partial charge in [-0.2, -0.15) is 5.10 Å². The van der Waals surface area contributed by atoms with Crippen molar-refractivity contribution in [3.8, 4) is 0 Å². The van der Waals surface area contributed by atoms with Crippen LogP contribution in [0.4, 0.5) is 0 Å². The maximum absolute atomic E-state index is 4.88. The molecule has 5 nitrogen and oxygen atoms in total. The number of nitrogens with zero attached hydrogens (tertiary/aromatic N) is 3. The van der Waals surface area contributed by atoms with Crippen LogP contribution in [0.5, 0.6) is 0 Å². The Bertz CT molecular complexity index is 762. The quantitative estimate of drug-likeness (QED) is 0.362. The Kier molecular flexibility index (Phi) is 7.70. The summed E-state index contributed by atoms with van der Waals surface area (Å²) in [5.41, 5.74) is 5.36.